The SMILES string of the molecule is CCC(CC)C(NC(=O)NC1CCC(C(=O)O)CC1)c1cccs1. The normalized spacial score (nSPS) is 22.1. The fraction of sp³-hybridized carbons (Fsp3) is 0.667. The second-order valence-electron chi connectivity index (χ2n) is 6.57. The smallest absolute Gasteiger partial charge is 0.315 e. The van der Waals surface area contributed by atoms with Gasteiger partial charge in [0.15, 0.2) is 0 Å². The summed E-state index contributed by atoms with van der Waals surface area (Å²) in [5.41, 5.74) is 0. The van der Waals surface area contributed by atoms with E-state index >= 15 is 0 Å². The molecule has 0 aromatic carbocycles. The molecule has 1 aromatic rings. The van der Waals surface area contributed by atoms with Crippen molar-refractivity contribution in [1.29, 1.82) is 0 Å². The van der Waals surface area contributed by atoms with Crippen LogP contribution in [0.25, 0.3) is 0 Å². The van der Waals surface area contributed by atoms with Crippen LogP contribution in [0.15, 0.2) is 17.5 Å². The monoisotopic (exact) mass is 352 g/mol. The molecule has 1 aliphatic carbocycles. The number of amides is 2. The second-order valence-corrected chi connectivity index (χ2v) is 7.55. The number of urea groups is 1. The molecular weight excluding hydrogens is 324 g/mol. The first kappa shape index (κ1) is 18.8. The molecule has 0 bridgehead atoms. The van der Waals surface area contributed by atoms with Crippen LogP contribution in [0.5, 0.6) is 0 Å². The Kier molecular flexibility index (Phi) is 7.09. The topological polar surface area (TPSA) is 78.4 Å². The Morgan fingerprint density at radius 1 is 1.25 bits per heavy atom. The summed E-state index contributed by atoms with van der Waals surface area (Å²) in [4.78, 5) is 24.6. The number of hydrogen-bond acceptors (Lipinski definition) is 3. The van der Waals surface area contributed by atoms with E-state index in [1.807, 2.05) is 11.4 Å². The molecule has 6 heteroatoms. The Hall–Kier alpha value is -1.56. The zero-order valence-electron chi connectivity index (χ0n) is 14.5. The van der Waals surface area contributed by atoms with Gasteiger partial charge in [-0.3, -0.25) is 4.79 Å². The molecule has 1 aromatic heterocycles. The predicted molar refractivity (Wildman–Crippen MR) is 96.2 cm³/mol. The van der Waals surface area contributed by atoms with Gasteiger partial charge in [0.2, 0.25) is 0 Å². The predicted octanol–water partition coefficient (Wildman–Crippen LogP) is 4.17. The molecule has 5 nitrogen and oxygen atoms in total. The van der Waals surface area contributed by atoms with E-state index in [2.05, 4.69) is 30.5 Å². The quantitative estimate of drug-likeness (QED) is 0.689. The summed E-state index contributed by atoms with van der Waals surface area (Å²) < 4.78 is 0. The highest BCUT2D eigenvalue weighted by molar-refractivity contribution is 7.10. The van der Waals surface area contributed by atoms with Gasteiger partial charge in [0, 0.05) is 10.9 Å². The molecule has 24 heavy (non-hydrogen) atoms. The van der Waals surface area contributed by atoms with Crippen molar-refractivity contribution >= 4 is 23.3 Å². The Morgan fingerprint density at radius 2 is 1.92 bits per heavy atom. The molecule has 0 aliphatic heterocycles. The number of carboxylic acids is 1. The molecule has 1 aliphatic rings. The van der Waals surface area contributed by atoms with Gasteiger partial charge in [0.05, 0.1) is 12.0 Å². The first-order valence-electron chi connectivity index (χ1n) is 8.88. The number of aliphatic carboxylic acids is 1. The van der Waals surface area contributed by atoms with Crippen LogP contribution in [-0.2, 0) is 4.79 Å². The molecule has 1 heterocycles. The van der Waals surface area contributed by atoms with Crippen LogP contribution < -0.4 is 10.6 Å². The van der Waals surface area contributed by atoms with Crippen molar-refractivity contribution in [2.24, 2.45) is 11.8 Å². The number of carbonyl (C=O) groups excluding carboxylic acids is 1. The Labute approximate surface area is 147 Å². The molecule has 1 atom stereocenters. The first-order chi connectivity index (χ1) is 11.5. The van der Waals surface area contributed by atoms with Crippen LogP contribution in [-0.4, -0.2) is 23.1 Å². The molecule has 0 spiro atoms. The van der Waals surface area contributed by atoms with Gasteiger partial charge in [-0.05, 0) is 43.0 Å². The van der Waals surface area contributed by atoms with Crippen molar-refractivity contribution in [1.82, 2.24) is 10.6 Å². The minimum atomic E-state index is -0.718. The fourth-order valence-corrected chi connectivity index (χ4v) is 4.37. The standard InChI is InChI=1S/C18H28N2O3S/c1-3-12(4-2)16(15-6-5-11-24-15)20-18(23)19-14-9-7-13(8-10-14)17(21)22/h5-6,11-14,16H,3-4,7-10H2,1-2H3,(H,21,22)(H2,19,20,23). The summed E-state index contributed by atoms with van der Waals surface area (Å²) >= 11 is 1.67. The maximum Gasteiger partial charge on any atom is 0.315 e. The summed E-state index contributed by atoms with van der Waals surface area (Å²) in [6, 6.07) is 4.06. The van der Waals surface area contributed by atoms with Gasteiger partial charge in [-0.2, -0.15) is 0 Å². The molecule has 2 rings (SSSR count). The Morgan fingerprint density at radius 3 is 2.42 bits per heavy atom. The van der Waals surface area contributed by atoms with Gasteiger partial charge < -0.3 is 15.7 Å². The van der Waals surface area contributed by atoms with E-state index < -0.39 is 5.97 Å². The lowest BCUT2D eigenvalue weighted by Crippen LogP contribution is -2.46. The van der Waals surface area contributed by atoms with Crippen molar-refractivity contribution < 1.29 is 14.7 Å². The average molecular weight is 353 g/mol. The highest BCUT2D eigenvalue weighted by Crippen LogP contribution is 2.30. The molecule has 134 valence electrons. The number of nitrogens with one attached hydrogen (secondary N) is 2. The third-order valence-electron chi connectivity index (χ3n) is 5.07. The lowest BCUT2D eigenvalue weighted by atomic mass is 9.86. The number of rotatable bonds is 7. The van der Waals surface area contributed by atoms with Crippen molar-refractivity contribution in [3.8, 4) is 0 Å². The number of thiophene rings is 1. The number of carboxylic acid groups (broad SMARTS) is 1. The van der Waals surface area contributed by atoms with Crippen LogP contribution in [0.3, 0.4) is 0 Å². The third-order valence-corrected chi connectivity index (χ3v) is 6.02. The molecule has 2 amide bonds. The van der Waals surface area contributed by atoms with E-state index in [-0.39, 0.29) is 24.0 Å². The summed E-state index contributed by atoms with van der Waals surface area (Å²) in [5.74, 6) is -0.559. The zero-order valence-corrected chi connectivity index (χ0v) is 15.3. The molecule has 1 fully saturated rings. The van der Waals surface area contributed by atoms with E-state index in [4.69, 9.17) is 5.11 Å². The van der Waals surface area contributed by atoms with E-state index in [1.54, 1.807) is 11.3 Å². The van der Waals surface area contributed by atoms with Crippen molar-refractivity contribution in [3.63, 3.8) is 0 Å². The summed E-state index contributed by atoms with van der Waals surface area (Å²) in [7, 11) is 0. The Bertz CT molecular complexity index is 520. The van der Waals surface area contributed by atoms with Gasteiger partial charge >= 0.3 is 12.0 Å². The van der Waals surface area contributed by atoms with Gasteiger partial charge in [-0.25, -0.2) is 4.79 Å². The number of carbonyl (C=O) groups is 2. The van der Waals surface area contributed by atoms with E-state index in [0.717, 1.165) is 25.7 Å². The maximum atomic E-state index is 12.4. The largest absolute Gasteiger partial charge is 0.481 e. The highest BCUT2D eigenvalue weighted by Gasteiger charge is 2.28. The van der Waals surface area contributed by atoms with Crippen molar-refractivity contribution in [2.75, 3.05) is 0 Å². The minimum Gasteiger partial charge on any atom is -0.481 e. The van der Waals surface area contributed by atoms with Crippen LogP contribution >= 0.6 is 11.3 Å². The van der Waals surface area contributed by atoms with E-state index in [9.17, 15) is 9.59 Å². The van der Waals surface area contributed by atoms with Gasteiger partial charge in [-0.1, -0.05) is 32.8 Å². The minimum absolute atomic E-state index is 0.0374. The van der Waals surface area contributed by atoms with Crippen molar-refractivity contribution in [2.45, 2.75) is 64.5 Å². The lowest BCUT2D eigenvalue weighted by Gasteiger charge is -2.29. The lowest BCUT2D eigenvalue weighted by molar-refractivity contribution is -0.142. The first-order valence-corrected chi connectivity index (χ1v) is 9.76. The van der Waals surface area contributed by atoms with Crippen LogP contribution in [0, 0.1) is 11.8 Å². The van der Waals surface area contributed by atoms with Crippen LogP contribution in [0.2, 0.25) is 0 Å². The molecule has 3 N–H and O–H groups in total. The third kappa shape index (κ3) is 4.97. The van der Waals surface area contributed by atoms with Crippen molar-refractivity contribution in [3.05, 3.63) is 22.4 Å². The molecule has 1 unspecified atom stereocenters. The van der Waals surface area contributed by atoms with Crippen LogP contribution in [0.1, 0.15) is 63.3 Å². The summed E-state index contributed by atoms with van der Waals surface area (Å²) in [5, 5.41) is 17.3. The van der Waals surface area contributed by atoms with Gasteiger partial charge in [-0.15, -0.1) is 11.3 Å². The van der Waals surface area contributed by atoms with E-state index in [1.165, 1.54) is 4.88 Å². The molecular formula is C18H28N2O3S. The van der Waals surface area contributed by atoms with E-state index in [0.29, 0.717) is 18.8 Å². The summed E-state index contributed by atoms with van der Waals surface area (Å²) in [6.07, 6.45) is 4.78. The molecule has 0 radical (unpaired) electrons. The average Bonchev–Trinajstić information content (AvgIpc) is 3.09. The second kappa shape index (κ2) is 9.06. The number of hydrogen-bond donors (Lipinski definition) is 3. The molecule has 0 saturated heterocycles. The summed E-state index contributed by atoms with van der Waals surface area (Å²) in [6.45, 7) is 4.31. The highest BCUT2D eigenvalue weighted by atomic mass is 32.1. The zero-order chi connectivity index (χ0) is 17.5. The maximum absolute atomic E-state index is 12.4. The molecule has 1 saturated carbocycles. The Balaban J connectivity index is 1.90. The van der Waals surface area contributed by atoms with Crippen LogP contribution in [0.4, 0.5) is 4.79 Å². The van der Waals surface area contributed by atoms with Gasteiger partial charge in [0.25, 0.3) is 0 Å². The fourth-order valence-electron chi connectivity index (χ4n) is 3.50. The van der Waals surface area contributed by atoms with Gasteiger partial charge in [0.1, 0.15) is 0 Å².